The van der Waals surface area contributed by atoms with E-state index in [4.69, 9.17) is 0 Å². The van der Waals surface area contributed by atoms with Gasteiger partial charge in [-0.1, -0.05) is 27.7 Å². The molecule has 0 saturated heterocycles. The standard InChI is InChI=1S/C11H20N2S/c1-8(2)11-13-10(7-14-11)5-6-12-9(3)4/h7-9,12H,5-6H2,1-4H3. The number of aromatic nitrogens is 1. The second kappa shape index (κ2) is 5.47. The van der Waals surface area contributed by atoms with Crippen LogP contribution in [0.4, 0.5) is 0 Å². The zero-order valence-electron chi connectivity index (χ0n) is 9.50. The summed E-state index contributed by atoms with van der Waals surface area (Å²) in [5.74, 6) is 0.562. The minimum atomic E-state index is 0.562. The molecule has 0 radical (unpaired) electrons. The molecular weight excluding hydrogens is 192 g/mol. The van der Waals surface area contributed by atoms with Crippen molar-refractivity contribution in [3.8, 4) is 0 Å². The Morgan fingerprint density at radius 1 is 1.36 bits per heavy atom. The van der Waals surface area contributed by atoms with Crippen molar-refractivity contribution >= 4 is 11.3 Å². The first-order chi connectivity index (χ1) is 6.59. The molecule has 1 rings (SSSR count). The van der Waals surface area contributed by atoms with Crippen LogP contribution in [-0.4, -0.2) is 17.6 Å². The number of nitrogens with one attached hydrogen (secondary N) is 1. The van der Waals surface area contributed by atoms with Crippen LogP contribution in [0.25, 0.3) is 0 Å². The van der Waals surface area contributed by atoms with Gasteiger partial charge in [0, 0.05) is 30.3 Å². The Morgan fingerprint density at radius 3 is 2.57 bits per heavy atom. The molecule has 0 aromatic carbocycles. The fourth-order valence-corrected chi connectivity index (χ4v) is 2.06. The third-order valence-corrected chi connectivity index (χ3v) is 3.19. The van der Waals surface area contributed by atoms with Gasteiger partial charge in [-0.2, -0.15) is 0 Å². The van der Waals surface area contributed by atoms with Crippen LogP contribution in [0, 0.1) is 0 Å². The molecule has 1 aromatic rings. The summed E-state index contributed by atoms with van der Waals surface area (Å²) in [6, 6.07) is 0.568. The van der Waals surface area contributed by atoms with Crippen LogP contribution in [0.2, 0.25) is 0 Å². The fourth-order valence-electron chi connectivity index (χ4n) is 1.19. The summed E-state index contributed by atoms with van der Waals surface area (Å²) in [6.07, 6.45) is 1.04. The lowest BCUT2D eigenvalue weighted by atomic mass is 10.2. The van der Waals surface area contributed by atoms with E-state index in [0.717, 1.165) is 13.0 Å². The van der Waals surface area contributed by atoms with Gasteiger partial charge in [-0.25, -0.2) is 4.98 Å². The van der Waals surface area contributed by atoms with E-state index in [2.05, 4.69) is 43.4 Å². The van der Waals surface area contributed by atoms with Gasteiger partial charge in [0.1, 0.15) is 0 Å². The Labute approximate surface area is 90.8 Å². The Balaban J connectivity index is 2.36. The highest BCUT2D eigenvalue weighted by Gasteiger charge is 2.05. The van der Waals surface area contributed by atoms with E-state index < -0.39 is 0 Å². The third-order valence-electron chi connectivity index (χ3n) is 2.00. The molecule has 0 aliphatic carbocycles. The number of rotatable bonds is 5. The summed E-state index contributed by atoms with van der Waals surface area (Å²) < 4.78 is 0. The zero-order valence-corrected chi connectivity index (χ0v) is 10.3. The number of nitrogens with zero attached hydrogens (tertiary/aromatic N) is 1. The summed E-state index contributed by atoms with van der Waals surface area (Å²) in [5.41, 5.74) is 1.23. The molecule has 0 aliphatic heterocycles. The fraction of sp³-hybridized carbons (Fsp3) is 0.727. The molecule has 0 saturated carbocycles. The van der Waals surface area contributed by atoms with Crippen LogP contribution < -0.4 is 5.32 Å². The maximum Gasteiger partial charge on any atom is 0.0953 e. The van der Waals surface area contributed by atoms with E-state index in [-0.39, 0.29) is 0 Å². The molecule has 0 amide bonds. The summed E-state index contributed by atoms with van der Waals surface area (Å²) in [6.45, 7) is 9.74. The van der Waals surface area contributed by atoms with E-state index >= 15 is 0 Å². The average Bonchev–Trinajstić information content (AvgIpc) is 2.52. The van der Waals surface area contributed by atoms with Gasteiger partial charge >= 0.3 is 0 Å². The summed E-state index contributed by atoms with van der Waals surface area (Å²) >= 11 is 1.78. The van der Waals surface area contributed by atoms with Crippen LogP contribution in [0.1, 0.15) is 44.3 Å². The van der Waals surface area contributed by atoms with Crippen molar-refractivity contribution in [1.82, 2.24) is 10.3 Å². The van der Waals surface area contributed by atoms with Crippen LogP contribution in [-0.2, 0) is 6.42 Å². The van der Waals surface area contributed by atoms with Crippen LogP contribution in [0.15, 0.2) is 5.38 Å². The molecule has 0 spiro atoms. The SMILES string of the molecule is CC(C)NCCc1csc(C(C)C)n1. The van der Waals surface area contributed by atoms with Crippen molar-refractivity contribution in [3.05, 3.63) is 16.1 Å². The lowest BCUT2D eigenvalue weighted by molar-refractivity contribution is 0.587. The molecule has 0 fully saturated rings. The van der Waals surface area contributed by atoms with Crippen molar-refractivity contribution in [2.24, 2.45) is 0 Å². The smallest absolute Gasteiger partial charge is 0.0953 e. The van der Waals surface area contributed by atoms with Crippen molar-refractivity contribution < 1.29 is 0 Å². The van der Waals surface area contributed by atoms with E-state index in [1.165, 1.54) is 10.7 Å². The van der Waals surface area contributed by atoms with E-state index in [1.54, 1.807) is 11.3 Å². The normalized spacial score (nSPS) is 11.6. The molecule has 0 aliphatic rings. The van der Waals surface area contributed by atoms with Crippen molar-refractivity contribution in [2.75, 3.05) is 6.54 Å². The molecule has 2 nitrogen and oxygen atoms in total. The molecule has 80 valence electrons. The molecule has 0 bridgehead atoms. The zero-order chi connectivity index (χ0) is 10.6. The minimum Gasteiger partial charge on any atom is -0.314 e. The van der Waals surface area contributed by atoms with Gasteiger partial charge in [-0.05, 0) is 0 Å². The van der Waals surface area contributed by atoms with Gasteiger partial charge in [0.2, 0.25) is 0 Å². The predicted octanol–water partition coefficient (Wildman–Crippen LogP) is 2.81. The first kappa shape index (κ1) is 11.7. The molecule has 1 heterocycles. The second-order valence-corrected chi connectivity index (χ2v) is 5.08. The van der Waals surface area contributed by atoms with Gasteiger partial charge in [0.05, 0.1) is 10.7 Å². The molecule has 14 heavy (non-hydrogen) atoms. The quantitative estimate of drug-likeness (QED) is 0.812. The van der Waals surface area contributed by atoms with Crippen molar-refractivity contribution in [2.45, 2.75) is 46.1 Å². The number of hydrogen-bond acceptors (Lipinski definition) is 3. The Kier molecular flexibility index (Phi) is 4.55. The second-order valence-electron chi connectivity index (χ2n) is 4.19. The predicted molar refractivity (Wildman–Crippen MR) is 63.0 cm³/mol. The number of thiazole rings is 1. The molecule has 1 N–H and O–H groups in total. The Morgan fingerprint density at radius 2 is 2.07 bits per heavy atom. The highest BCUT2D eigenvalue weighted by Crippen LogP contribution is 2.19. The maximum atomic E-state index is 4.59. The lowest BCUT2D eigenvalue weighted by Crippen LogP contribution is -2.25. The molecule has 1 aromatic heterocycles. The van der Waals surface area contributed by atoms with Gasteiger partial charge in [0.25, 0.3) is 0 Å². The van der Waals surface area contributed by atoms with Crippen molar-refractivity contribution in [1.29, 1.82) is 0 Å². The largest absolute Gasteiger partial charge is 0.314 e. The van der Waals surface area contributed by atoms with Gasteiger partial charge < -0.3 is 5.32 Å². The van der Waals surface area contributed by atoms with Gasteiger partial charge in [-0.3, -0.25) is 0 Å². The molecular formula is C11H20N2S. The van der Waals surface area contributed by atoms with E-state index in [0.29, 0.717) is 12.0 Å². The highest BCUT2D eigenvalue weighted by atomic mass is 32.1. The van der Waals surface area contributed by atoms with Crippen LogP contribution in [0.3, 0.4) is 0 Å². The van der Waals surface area contributed by atoms with Crippen LogP contribution in [0.5, 0.6) is 0 Å². The topological polar surface area (TPSA) is 24.9 Å². The first-order valence-electron chi connectivity index (χ1n) is 5.27. The summed E-state index contributed by atoms with van der Waals surface area (Å²) in [7, 11) is 0. The minimum absolute atomic E-state index is 0.562. The Hall–Kier alpha value is -0.410. The van der Waals surface area contributed by atoms with Crippen LogP contribution >= 0.6 is 11.3 Å². The average molecular weight is 212 g/mol. The van der Waals surface area contributed by atoms with Crippen molar-refractivity contribution in [3.63, 3.8) is 0 Å². The third kappa shape index (κ3) is 3.76. The van der Waals surface area contributed by atoms with E-state index in [1.807, 2.05) is 0 Å². The monoisotopic (exact) mass is 212 g/mol. The lowest BCUT2D eigenvalue weighted by Gasteiger charge is -2.05. The van der Waals surface area contributed by atoms with Gasteiger partial charge in [-0.15, -0.1) is 11.3 Å². The van der Waals surface area contributed by atoms with E-state index in [9.17, 15) is 0 Å². The first-order valence-corrected chi connectivity index (χ1v) is 6.15. The Bertz CT molecular complexity index is 266. The molecule has 0 atom stereocenters. The summed E-state index contributed by atoms with van der Waals surface area (Å²) in [5, 5.41) is 6.83. The van der Waals surface area contributed by atoms with Gasteiger partial charge in [0.15, 0.2) is 0 Å². The molecule has 0 unspecified atom stereocenters. The summed E-state index contributed by atoms with van der Waals surface area (Å²) in [4.78, 5) is 4.59. The molecule has 3 heteroatoms. The maximum absolute atomic E-state index is 4.59. The highest BCUT2D eigenvalue weighted by molar-refractivity contribution is 7.09. The number of hydrogen-bond donors (Lipinski definition) is 1.